The molecule has 0 atom stereocenters. The van der Waals surface area contributed by atoms with E-state index in [2.05, 4.69) is 10.6 Å². The molecule has 2 heterocycles. The highest BCUT2D eigenvalue weighted by Crippen LogP contribution is 2.29. The van der Waals surface area contributed by atoms with E-state index in [1.165, 1.54) is 40.1 Å². The Morgan fingerprint density at radius 3 is 1.19 bits per heavy atom. The Morgan fingerprint density at radius 1 is 0.625 bits per heavy atom. The van der Waals surface area contributed by atoms with Crippen LogP contribution in [0.15, 0.2) is 35.7 Å². The Morgan fingerprint density at radius 2 is 0.906 bits per heavy atom. The minimum atomic E-state index is -1.34. The third-order valence-corrected chi connectivity index (χ3v) is 4.61. The van der Waals surface area contributed by atoms with Crippen LogP contribution in [0.3, 0.4) is 0 Å². The average Bonchev–Trinajstić information content (AvgIpc) is 2.61. The monoisotopic (exact) mass is 444 g/mol. The smallest absolute Gasteiger partial charge is 0.350 e. The van der Waals surface area contributed by atoms with Gasteiger partial charge in [-0.3, -0.25) is 0 Å². The van der Waals surface area contributed by atoms with Crippen LogP contribution in [-0.4, -0.2) is 35.5 Å². The third kappa shape index (κ3) is 4.90. The molecule has 0 bridgehead atoms. The second kappa shape index (κ2) is 8.03. The number of hydrogen-bond donors (Lipinski definition) is 2. The van der Waals surface area contributed by atoms with E-state index in [9.17, 15) is 19.2 Å². The zero-order valence-electron chi connectivity index (χ0n) is 18.6. The van der Waals surface area contributed by atoms with Crippen LogP contribution in [0.2, 0.25) is 0 Å². The molecule has 1 aromatic rings. The number of esters is 4. The van der Waals surface area contributed by atoms with Crippen molar-refractivity contribution in [3.8, 4) is 0 Å². The standard InChI is InChI=1S/C22H24N2O8/c1-11-7-15(23-9-13-17(25)29-21(3,4)30-18(13)26)16(8-12(11)2)24-10-14-19(27)31-22(5,6)32-20(14)28/h7-10,23-24H,1-6H3. The fraction of sp³-hybridized carbons (Fsp3) is 0.364. The molecular weight excluding hydrogens is 420 g/mol. The van der Waals surface area contributed by atoms with Crippen molar-refractivity contribution in [2.45, 2.75) is 53.1 Å². The van der Waals surface area contributed by atoms with Crippen LogP contribution in [0.4, 0.5) is 11.4 Å². The molecule has 0 aliphatic carbocycles. The topological polar surface area (TPSA) is 129 Å². The van der Waals surface area contributed by atoms with E-state index in [0.717, 1.165) is 11.1 Å². The van der Waals surface area contributed by atoms with Gasteiger partial charge < -0.3 is 29.6 Å². The number of hydrogen-bond acceptors (Lipinski definition) is 10. The summed E-state index contributed by atoms with van der Waals surface area (Å²) in [5.41, 5.74) is 2.12. The van der Waals surface area contributed by atoms with Crippen LogP contribution in [0.25, 0.3) is 0 Å². The van der Waals surface area contributed by atoms with Gasteiger partial charge in [-0.05, 0) is 37.1 Å². The van der Waals surface area contributed by atoms with Crippen molar-refractivity contribution in [2.24, 2.45) is 0 Å². The molecule has 3 rings (SSSR count). The molecule has 0 saturated carbocycles. The van der Waals surface area contributed by atoms with Crippen molar-refractivity contribution in [1.82, 2.24) is 0 Å². The molecule has 2 aliphatic rings. The van der Waals surface area contributed by atoms with Gasteiger partial charge in [-0.25, -0.2) is 19.2 Å². The van der Waals surface area contributed by atoms with Gasteiger partial charge in [0.15, 0.2) is 11.1 Å². The van der Waals surface area contributed by atoms with Crippen LogP contribution >= 0.6 is 0 Å². The first-order valence-electron chi connectivity index (χ1n) is 9.76. The maximum atomic E-state index is 12.1. The summed E-state index contributed by atoms with van der Waals surface area (Å²) in [4.78, 5) is 48.6. The molecule has 170 valence electrons. The van der Waals surface area contributed by atoms with Crippen molar-refractivity contribution in [3.05, 3.63) is 46.8 Å². The summed E-state index contributed by atoms with van der Waals surface area (Å²) < 4.78 is 20.3. The van der Waals surface area contributed by atoms with Gasteiger partial charge in [-0.15, -0.1) is 0 Å². The summed E-state index contributed by atoms with van der Waals surface area (Å²) in [5, 5.41) is 5.75. The Kier molecular flexibility index (Phi) is 5.73. The highest BCUT2D eigenvalue weighted by molar-refractivity contribution is 6.16. The van der Waals surface area contributed by atoms with Gasteiger partial charge in [-0.2, -0.15) is 0 Å². The molecule has 2 N–H and O–H groups in total. The lowest BCUT2D eigenvalue weighted by atomic mass is 10.1. The van der Waals surface area contributed by atoms with E-state index in [0.29, 0.717) is 11.4 Å². The highest BCUT2D eigenvalue weighted by Gasteiger charge is 2.40. The molecule has 0 spiro atoms. The fourth-order valence-corrected chi connectivity index (χ4v) is 2.91. The minimum Gasteiger partial charge on any atom is -0.419 e. The Balaban J connectivity index is 1.87. The van der Waals surface area contributed by atoms with E-state index in [-0.39, 0.29) is 11.1 Å². The van der Waals surface area contributed by atoms with E-state index in [1.807, 2.05) is 13.8 Å². The number of cyclic esters (lactones) is 4. The van der Waals surface area contributed by atoms with Crippen LogP contribution in [0.1, 0.15) is 38.8 Å². The molecule has 2 aliphatic heterocycles. The number of ether oxygens (including phenoxy) is 4. The highest BCUT2D eigenvalue weighted by atomic mass is 16.7. The first-order chi connectivity index (χ1) is 14.8. The van der Waals surface area contributed by atoms with Gasteiger partial charge in [0, 0.05) is 40.1 Å². The Hall–Kier alpha value is -3.82. The minimum absolute atomic E-state index is 0.312. The molecular formula is C22H24N2O8. The van der Waals surface area contributed by atoms with Crippen molar-refractivity contribution in [2.75, 3.05) is 10.6 Å². The van der Waals surface area contributed by atoms with Gasteiger partial charge in [-0.1, -0.05) is 0 Å². The molecule has 0 amide bonds. The summed E-state index contributed by atoms with van der Waals surface area (Å²) >= 11 is 0. The summed E-state index contributed by atoms with van der Waals surface area (Å²) in [6, 6.07) is 3.52. The van der Waals surface area contributed by atoms with Crippen molar-refractivity contribution < 1.29 is 38.1 Å². The number of anilines is 2. The van der Waals surface area contributed by atoms with Gasteiger partial charge >= 0.3 is 23.9 Å². The van der Waals surface area contributed by atoms with Crippen molar-refractivity contribution >= 4 is 35.3 Å². The molecule has 0 radical (unpaired) electrons. The molecule has 1 aromatic carbocycles. The number of rotatable bonds is 4. The second-order valence-electron chi connectivity index (χ2n) is 8.24. The van der Waals surface area contributed by atoms with E-state index < -0.39 is 35.5 Å². The van der Waals surface area contributed by atoms with E-state index in [1.54, 1.807) is 12.1 Å². The molecule has 10 nitrogen and oxygen atoms in total. The predicted octanol–water partition coefficient (Wildman–Crippen LogP) is 2.57. The number of nitrogens with one attached hydrogen (secondary N) is 2. The SMILES string of the molecule is Cc1cc(NC=C2C(=O)OC(C)(C)OC2=O)c(NC=C2C(=O)OC(C)(C)OC2=O)cc1C. The maximum Gasteiger partial charge on any atom is 0.350 e. The van der Waals surface area contributed by atoms with Gasteiger partial charge in [0.05, 0.1) is 11.4 Å². The first kappa shape index (κ1) is 22.9. The lowest BCUT2D eigenvalue weighted by Gasteiger charge is -2.30. The van der Waals surface area contributed by atoms with Crippen LogP contribution in [0, 0.1) is 13.8 Å². The van der Waals surface area contributed by atoms with Gasteiger partial charge in [0.2, 0.25) is 0 Å². The van der Waals surface area contributed by atoms with E-state index in [4.69, 9.17) is 18.9 Å². The number of benzene rings is 1. The molecule has 10 heteroatoms. The van der Waals surface area contributed by atoms with E-state index >= 15 is 0 Å². The predicted molar refractivity (Wildman–Crippen MR) is 112 cm³/mol. The van der Waals surface area contributed by atoms with Crippen molar-refractivity contribution in [3.63, 3.8) is 0 Å². The number of carbonyl (C=O) groups excluding carboxylic acids is 4. The largest absolute Gasteiger partial charge is 0.419 e. The lowest BCUT2D eigenvalue weighted by Crippen LogP contribution is -2.42. The molecule has 0 unspecified atom stereocenters. The normalized spacial score (nSPS) is 19.3. The quantitative estimate of drug-likeness (QED) is 0.406. The Labute approximate surface area is 184 Å². The first-order valence-corrected chi connectivity index (χ1v) is 9.76. The Bertz CT molecular complexity index is 953. The summed E-state index contributed by atoms with van der Waals surface area (Å²) in [6.45, 7) is 9.56. The van der Waals surface area contributed by atoms with Gasteiger partial charge in [0.25, 0.3) is 11.6 Å². The van der Waals surface area contributed by atoms with Crippen LogP contribution in [0.5, 0.6) is 0 Å². The van der Waals surface area contributed by atoms with Gasteiger partial charge in [0.1, 0.15) is 0 Å². The molecule has 0 aromatic heterocycles. The van der Waals surface area contributed by atoms with Crippen LogP contribution < -0.4 is 10.6 Å². The maximum absolute atomic E-state index is 12.1. The summed E-state index contributed by atoms with van der Waals surface area (Å²) in [5.74, 6) is -5.99. The molecule has 2 fully saturated rings. The summed E-state index contributed by atoms with van der Waals surface area (Å²) in [6.07, 6.45) is 2.35. The summed E-state index contributed by atoms with van der Waals surface area (Å²) in [7, 11) is 0. The lowest BCUT2D eigenvalue weighted by molar-refractivity contribution is -0.224. The fourth-order valence-electron chi connectivity index (χ4n) is 2.91. The number of carbonyl (C=O) groups is 4. The zero-order valence-corrected chi connectivity index (χ0v) is 18.6. The molecule has 32 heavy (non-hydrogen) atoms. The second-order valence-corrected chi connectivity index (χ2v) is 8.24. The van der Waals surface area contributed by atoms with Crippen molar-refractivity contribution in [1.29, 1.82) is 0 Å². The molecule has 2 saturated heterocycles. The third-order valence-electron chi connectivity index (χ3n) is 4.61. The average molecular weight is 444 g/mol. The zero-order chi connectivity index (χ0) is 23.8. The van der Waals surface area contributed by atoms with Crippen LogP contribution in [-0.2, 0) is 38.1 Å². The number of aryl methyl sites for hydroxylation is 2.